The van der Waals surface area contributed by atoms with Crippen LogP contribution in [0.5, 0.6) is 11.5 Å². The molecule has 134 valence electrons. The molecule has 2 aromatic carbocycles. The van der Waals surface area contributed by atoms with Crippen LogP contribution >= 0.6 is 0 Å². The smallest absolute Gasteiger partial charge is 0.261 e. The summed E-state index contributed by atoms with van der Waals surface area (Å²) in [4.78, 5) is 12.5. The molecular formula is C21H27NO3. The van der Waals surface area contributed by atoms with Crippen LogP contribution in [-0.4, -0.2) is 19.1 Å². The van der Waals surface area contributed by atoms with Gasteiger partial charge in [0, 0.05) is 0 Å². The molecule has 0 saturated heterocycles. The Labute approximate surface area is 150 Å². The Hall–Kier alpha value is -2.49. The van der Waals surface area contributed by atoms with Gasteiger partial charge in [0.05, 0.1) is 13.2 Å². The SMILES string of the molecule is CCC(NC(=O)C(C)Oc1ccccc1C)c1ccc(OC)c(C)c1. The van der Waals surface area contributed by atoms with E-state index in [-0.39, 0.29) is 11.9 Å². The van der Waals surface area contributed by atoms with Crippen LogP contribution in [0, 0.1) is 13.8 Å². The molecule has 2 unspecified atom stereocenters. The fraction of sp³-hybridized carbons (Fsp3) is 0.381. The molecule has 4 nitrogen and oxygen atoms in total. The summed E-state index contributed by atoms with van der Waals surface area (Å²) < 4.78 is 11.1. The monoisotopic (exact) mass is 341 g/mol. The van der Waals surface area contributed by atoms with Gasteiger partial charge in [-0.2, -0.15) is 0 Å². The minimum Gasteiger partial charge on any atom is -0.496 e. The lowest BCUT2D eigenvalue weighted by Crippen LogP contribution is -2.38. The van der Waals surface area contributed by atoms with Crippen molar-refractivity contribution in [2.24, 2.45) is 0 Å². The van der Waals surface area contributed by atoms with E-state index in [2.05, 4.69) is 18.3 Å². The van der Waals surface area contributed by atoms with Crippen molar-refractivity contribution >= 4 is 5.91 Å². The van der Waals surface area contributed by atoms with Gasteiger partial charge < -0.3 is 14.8 Å². The average molecular weight is 341 g/mol. The van der Waals surface area contributed by atoms with Gasteiger partial charge in [-0.25, -0.2) is 0 Å². The Morgan fingerprint density at radius 2 is 1.80 bits per heavy atom. The maximum atomic E-state index is 12.5. The first kappa shape index (κ1) is 18.8. The molecule has 0 bridgehead atoms. The van der Waals surface area contributed by atoms with Crippen LogP contribution in [-0.2, 0) is 4.79 Å². The topological polar surface area (TPSA) is 47.6 Å². The number of methoxy groups -OCH3 is 1. The summed E-state index contributed by atoms with van der Waals surface area (Å²) in [5.41, 5.74) is 3.13. The third-order valence-corrected chi connectivity index (χ3v) is 4.31. The Balaban J connectivity index is 2.06. The predicted octanol–water partition coefficient (Wildman–Crippen LogP) is 4.35. The number of carbonyl (C=O) groups excluding carboxylic acids is 1. The molecule has 1 amide bonds. The largest absolute Gasteiger partial charge is 0.496 e. The van der Waals surface area contributed by atoms with Crippen molar-refractivity contribution in [1.29, 1.82) is 0 Å². The van der Waals surface area contributed by atoms with Gasteiger partial charge in [0.15, 0.2) is 6.10 Å². The summed E-state index contributed by atoms with van der Waals surface area (Å²) in [5, 5.41) is 3.08. The normalized spacial score (nSPS) is 13.0. The van der Waals surface area contributed by atoms with Crippen molar-refractivity contribution in [3.63, 3.8) is 0 Å². The van der Waals surface area contributed by atoms with Gasteiger partial charge in [0.2, 0.25) is 0 Å². The van der Waals surface area contributed by atoms with Crippen molar-refractivity contribution in [3.05, 3.63) is 59.2 Å². The predicted molar refractivity (Wildman–Crippen MR) is 100 cm³/mol. The number of aryl methyl sites for hydroxylation is 2. The Morgan fingerprint density at radius 1 is 1.08 bits per heavy atom. The van der Waals surface area contributed by atoms with E-state index in [1.165, 1.54) is 0 Å². The fourth-order valence-electron chi connectivity index (χ4n) is 2.76. The maximum Gasteiger partial charge on any atom is 0.261 e. The molecule has 1 N–H and O–H groups in total. The molecule has 0 saturated carbocycles. The van der Waals surface area contributed by atoms with Crippen LogP contribution in [0.4, 0.5) is 0 Å². The minimum atomic E-state index is -0.561. The van der Waals surface area contributed by atoms with Crippen molar-refractivity contribution in [2.45, 2.75) is 46.3 Å². The number of amides is 1. The summed E-state index contributed by atoms with van der Waals surface area (Å²) in [5.74, 6) is 1.46. The van der Waals surface area contributed by atoms with Gasteiger partial charge in [-0.05, 0) is 56.0 Å². The lowest BCUT2D eigenvalue weighted by molar-refractivity contribution is -0.128. The summed E-state index contributed by atoms with van der Waals surface area (Å²) in [7, 11) is 1.66. The summed E-state index contributed by atoms with van der Waals surface area (Å²) in [6.07, 6.45) is 0.240. The van der Waals surface area contributed by atoms with Crippen molar-refractivity contribution in [1.82, 2.24) is 5.32 Å². The molecule has 0 aliphatic carbocycles. The quantitative estimate of drug-likeness (QED) is 0.814. The number of rotatable bonds is 7. The van der Waals surface area contributed by atoms with E-state index in [9.17, 15) is 4.79 Å². The van der Waals surface area contributed by atoms with Gasteiger partial charge >= 0.3 is 0 Å². The first-order chi connectivity index (χ1) is 12.0. The molecule has 2 atom stereocenters. The van der Waals surface area contributed by atoms with Gasteiger partial charge in [0.25, 0.3) is 5.91 Å². The highest BCUT2D eigenvalue weighted by molar-refractivity contribution is 5.81. The van der Waals surface area contributed by atoms with Crippen molar-refractivity contribution < 1.29 is 14.3 Å². The van der Waals surface area contributed by atoms with Crippen LogP contribution in [0.15, 0.2) is 42.5 Å². The highest BCUT2D eigenvalue weighted by Crippen LogP contribution is 2.24. The van der Waals surface area contributed by atoms with Crippen molar-refractivity contribution in [2.75, 3.05) is 7.11 Å². The highest BCUT2D eigenvalue weighted by atomic mass is 16.5. The second-order valence-corrected chi connectivity index (χ2v) is 6.22. The molecule has 0 fully saturated rings. The number of hydrogen-bond donors (Lipinski definition) is 1. The second-order valence-electron chi connectivity index (χ2n) is 6.22. The molecule has 25 heavy (non-hydrogen) atoms. The van der Waals surface area contributed by atoms with Crippen molar-refractivity contribution in [3.8, 4) is 11.5 Å². The summed E-state index contributed by atoms with van der Waals surface area (Å²) in [6.45, 7) is 7.79. The first-order valence-corrected chi connectivity index (χ1v) is 8.63. The number of para-hydroxylation sites is 1. The van der Waals surface area contributed by atoms with E-state index >= 15 is 0 Å². The van der Waals surface area contributed by atoms with Gasteiger partial charge in [-0.1, -0.05) is 37.3 Å². The lowest BCUT2D eigenvalue weighted by atomic mass is 10.0. The molecule has 2 rings (SSSR count). The van der Waals surface area contributed by atoms with E-state index in [4.69, 9.17) is 9.47 Å². The Morgan fingerprint density at radius 3 is 2.40 bits per heavy atom. The van der Waals surface area contributed by atoms with Crippen LogP contribution in [0.1, 0.15) is 43.0 Å². The van der Waals surface area contributed by atoms with Gasteiger partial charge in [-0.3, -0.25) is 4.79 Å². The number of nitrogens with one attached hydrogen (secondary N) is 1. The minimum absolute atomic E-state index is 0.0555. The molecule has 0 aliphatic heterocycles. The molecule has 4 heteroatoms. The molecule has 2 aromatic rings. The van der Waals surface area contributed by atoms with E-state index < -0.39 is 6.10 Å². The number of hydrogen-bond acceptors (Lipinski definition) is 3. The lowest BCUT2D eigenvalue weighted by Gasteiger charge is -2.22. The Kier molecular flexibility index (Phi) is 6.45. The molecule has 0 aromatic heterocycles. The third-order valence-electron chi connectivity index (χ3n) is 4.31. The number of carbonyl (C=O) groups is 1. The van der Waals surface area contributed by atoms with E-state index in [0.29, 0.717) is 0 Å². The van der Waals surface area contributed by atoms with Gasteiger partial charge in [0.1, 0.15) is 11.5 Å². The van der Waals surface area contributed by atoms with Crippen LogP contribution < -0.4 is 14.8 Å². The molecule has 0 heterocycles. The summed E-state index contributed by atoms with van der Waals surface area (Å²) >= 11 is 0. The number of benzene rings is 2. The molecular weight excluding hydrogens is 314 g/mol. The van der Waals surface area contributed by atoms with E-state index in [1.807, 2.05) is 50.2 Å². The Bertz CT molecular complexity index is 727. The summed E-state index contributed by atoms with van der Waals surface area (Å²) in [6, 6.07) is 13.6. The van der Waals surface area contributed by atoms with Crippen LogP contribution in [0.25, 0.3) is 0 Å². The zero-order valence-corrected chi connectivity index (χ0v) is 15.6. The zero-order chi connectivity index (χ0) is 18.4. The molecule has 0 spiro atoms. The van der Waals surface area contributed by atoms with E-state index in [1.54, 1.807) is 14.0 Å². The maximum absolute atomic E-state index is 12.5. The average Bonchev–Trinajstić information content (AvgIpc) is 2.61. The van der Waals surface area contributed by atoms with Crippen LogP contribution in [0.3, 0.4) is 0 Å². The van der Waals surface area contributed by atoms with Crippen LogP contribution in [0.2, 0.25) is 0 Å². The molecule has 0 radical (unpaired) electrons. The van der Waals surface area contributed by atoms with Gasteiger partial charge in [-0.15, -0.1) is 0 Å². The number of ether oxygens (including phenoxy) is 2. The molecule has 0 aliphatic rings. The zero-order valence-electron chi connectivity index (χ0n) is 15.6. The van der Waals surface area contributed by atoms with E-state index in [0.717, 1.165) is 34.6 Å². The fourth-order valence-corrected chi connectivity index (χ4v) is 2.76. The standard InChI is InChI=1S/C21H27NO3/c1-6-18(17-11-12-19(24-5)15(3)13-17)22-21(23)16(4)25-20-10-8-7-9-14(20)2/h7-13,16,18H,6H2,1-5H3,(H,22,23). The first-order valence-electron chi connectivity index (χ1n) is 8.63. The highest BCUT2D eigenvalue weighted by Gasteiger charge is 2.20. The second kappa shape index (κ2) is 8.56. The third kappa shape index (κ3) is 4.75.